The average Bonchev–Trinajstić information content (AvgIpc) is 2.89. The Balaban J connectivity index is 1.58. The van der Waals surface area contributed by atoms with E-state index >= 15 is 0 Å². The summed E-state index contributed by atoms with van der Waals surface area (Å²) >= 11 is 2.09. The van der Waals surface area contributed by atoms with Crippen LogP contribution in [0.1, 0.15) is 62.5 Å². The molecule has 0 radical (unpaired) electrons. The summed E-state index contributed by atoms with van der Waals surface area (Å²) in [6.07, 6.45) is 10.5. The third-order valence-electron chi connectivity index (χ3n) is 4.34. The third-order valence-corrected chi connectivity index (χ3v) is 5.39. The van der Waals surface area contributed by atoms with Crippen LogP contribution in [0, 0.1) is 5.92 Å². The van der Waals surface area contributed by atoms with E-state index in [0.717, 1.165) is 24.0 Å². The van der Waals surface area contributed by atoms with Crippen molar-refractivity contribution in [2.24, 2.45) is 5.92 Å². The Labute approximate surface area is 114 Å². The first kappa shape index (κ1) is 12.5. The molecule has 0 spiro atoms. The quantitative estimate of drug-likeness (QED) is 0.909. The number of thioether (sulfide) groups is 1. The zero-order valence-electron chi connectivity index (χ0n) is 11.0. The largest absolute Gasteiger partial charge is 0.263 e. The molecular weight excluding hydrogens is 242 g/mol. The molecule has 18 heavy (non-hydrogen) atoms. The van der Waals surface area contributed by atoms with E-state index in [9.17, 15) is 0 Å². The lowest BCUT2D eigenvalue weighted by Crippen LogP contribution is -2.13. The Morgan fingerprint density at radius 2 is 1.83 bits per heavy atom. The van der Waals surface area contributed by atoms with Crippen LogP contribution in [0.4, 0.5) is 0 Å². The Bertz CT molecular complexity index is 365. The van der Waals surface area contributed by atoms with Crippen LogP contribution in [0.5, 0.6) is 0 Å². The van der Waals surface area contributed by atoms with Crippen molar-refractivity contribution in [1.29, 1.82) is 0 Å². The van der Waals surface area contributed by atoms with Gasteiger partial charge in [-0.15, -0.1) is 0 Å². The van der Waals surface area contributed by atoms with Gasteiger partial charge >= 0.3 is 0 Å². The van der Waals surface area contributed by atoms with Crippen molar-refractivity contribution in [1.82, 2.24) is 15.2 Å². The topological polar surface area (TPSA) is 41.6 Å². The van der Waals surface area contributed by atoms with Gasteiger partial charge in [0.05, 0.1) is 0 Å². The maximum atomic E-state index is 4.75. The summed E-state index contributed by atoms with van der Waals surface area (Å²) in [5.74, 6) is 6.34. The van der Waals surface area contributed by atoms with Gasteiger partial charge in [0.1, 0.15) is 5.82 Å². The molecule has 1 saturated heterocycles. The van der Waals surface area contributed by atoms with Gasteiger partial charge in [0, 0.05) is 12.3 Å². The summed E-state index contributed by atoms with van der Waals surface area (Å²) in [6, 6.07) is 0. The molecule has 4 heteroatoms. The third kappa shape index (κ3) is 3.08. The number of nitrogens with zero attached hydrogens (tertiary/aromatic N) is 2. The summed E-state index contributed by atoms with van der Waals surface area (Å²) in [4.78, 5) is 4.75. The monoisotopic (exact) mass is 265 g/mol. The fourth-order valence-electron chi connectivity index (χ4n) is 3.17. The first-order valence-electron chi connectivity index (χ1n) is 7.41. The fourth-order valence-corrected chi connectivity index (χ4v) is 4.37. The Hall–Kier alpha value is -0.510. The van der Waals surface area contributed by atoms with Crippen molar-refractivity contribution in [3.05, 3.63) is 11.6 Å². The average molecular weight is 265 g/mol. The fraction of sp³-hybridized carbons (Fsp3) is 0.857. The van der Waals surface area contributed by atoms with E-state index in [1.165, 1.54) is 56.5 Å². The summed E-state index contributed by atoms with van der Waals surface area (Å²) in [7, 11) is 0. The van der Waals surface area contributed by atoms with Crippen LogP contribution in [0.15, 0.2) is 0 Å². The van der Waals surface area contributed by atoms with Gasteiger partial charge in [0.2, 0.25) is 0 Å². The van der Waals surface area contributed by atoms with Gasteiger partial charge < -0.3 is 0 Å². The molecule has 100 valence electrons. The summed E-state index contributed by atoms with van der Waals surface area (Å²) in [6.45, 7) is 0. The predicted molar refractivity (Wildman–Crippen MR) is 76.0 cm³/mol. The van der Waals surface area contributed by atoms with Crippen molar-refractivity contribution in [3.63, 3.8) is 0 Å². The highest BCUT2D eigenvalue weighted by molar-refractivity contribution is 7.99. The normalized spacial score (nSPS) is 23.3. The molecule has 2 heterocycles. The molecule has 1 aliphatic heterocycles. The van der Waals surface area contributed by atoms with Crippen molar-refractivity contribution in [2.75, 3.05) is 11.5 Å². The van der Waals surface area contributed by atoms with Gasteiger partial charge in [-0.25, -0.2) is 4.98 Å². The molecule has 0 aromatic carbocycles. The number of rotatable bonds is 3. The van der Waals surface area contributed by atoms with Crippen molar-refractivity contribution in [3.8, 4) is 0 Å². The molecule has 0 bridgehead atoms. The highest BCUT2D eigenvalue weighted by Gasteiger charge is 2.21. The Morgan fingerprint density at radius 3 is 2.61 bits per heavy atom. The minimum Gasteiger partial charge on any atom is -0.263 e. The molecule has 1 aromatic rings. The number of hydrogen-bond acceptors (Lipinski definition) is 3. The van der Waals surface area contributed by atoms with Crippen LogP contribution in [0.25, 0.3) is 0 Å². The summed E-state index contributed by atoms with van der Waals surface area (Å²) < 4.78 is 0. The number of aromatic nitrogens is 3. The molecule has 2 fully saturated rings. The van der Waals surface area contributed by atoms with Crippen molar-refractivity contribution < 1.29 is 0 Å². The van der Waals surface area contributed by atoms with Crippen LogP contribution in [-0.4, -0.2) is 26.7 Å². The van der Waals surface area contributed by atoms with E-state index in [4.69, 9.17) is 4.98 Å². The molecule has 2 aliphatic rings. The lowest BCUT2D eigenvalue weighted by atomic mass is 9.89. The zero-order valence-corrected chi connectivity index (χ0v) is 11.8. The van der Waals surface area contributed by atoms with E-state index in [0.29, 0.717) is 5.92 Å². The van der Waals surface area contributed by atoms with E-state index in [-0.39, 0.29) is 0 Å². The Kier molecular flexibility index (Phi) is 4.24. The van der Waals surface area contributed by atoms with Gasteiger partial charge in [0.15, 0.2) is 5.82 Å². The molecule has 1 aliphatic carbocycles. The lowest BCUT2D eigenvalue weighted by molar-refractivity contribution is 0.429. The SMILES string of the molecule is C1CCC(c2n[nH]c(CC3CCSCC3)n2)CC1. The smallest absolute Gasteiger partial charge is 0.153 e. The molecule has 0 unspecified atom stereocenters. The summed E-state index contributed by atoms with van der Waals surface area (Å²) in [5, 5.41) is 7.65. The number of aromatic amines is 1. The van der Waals surface area contributed by atoms with E-state index < -0.39 is 0 Å². The molecule has 1 saturated carbocycles. The minimum absolute atomic E-state index is 0.630. The second-order valence-electron chi connectivity index (χ2n) is 5.74. The second-order valence-corrected chi connectivity index (χ2v) is 6.96. The minimum atomic E-state index is 0.630. The van der Waals surface area contributed by atoms with Gasteiger partial charge in [-0.1, -0.05) is 19.3 Å². The lowest BCUT2D eigenvalue weighted by Gasteiger charge is -2.20. The maximum absolute atomic E-state index is 4.75. The van der Waals surface area contributed by atoms with E-state index in [2.05, 4.69) is 22.0 Å². The van der Waals surface area contributed by atoms with Crippen LogP contribution in [-0.2, 0) is 6.42 Å². The number of hydrogen-bond donors (Lipinski definition) is 1. The first-order chi connectivity index (χ1) is 8.92. The molecule has 3 rings (SSSR count). The predicted octanol–water partition coefficient (Wildman–Crippen LogP) is 3.54. The van der Waals surface area contributed by atoms with Crippen molar-refractivity contribution >= 4 is 11.8 Å². The van der Waals surface area contributed by atoms with Crippen LogP contribution in [0.2, 0.25) is 0 Å². The van der Waals surface area contributed by atoms with Crippen molar-refractivity contribution in [2.45, 2.75) is 57.3 Å². The van der Waals surface area contributed by atoms with E-state index in [1.54, 1.807) is 0 Å². The van der Waals surface area contributed by atoms with Gasteiger partial charge in [-0.3, -0.25) is 5.10 Å². The van der Waals surface area contributed by atoms with E-state index in [1.807, 2.05) is 0 Å². The maximum Gasteiger partial charge on any atom is 0.153 e. The highest BCUT2D eigenvalue weighted by atomic mass is 32.2. The van der Waals surface area contributed by atoms with Crippen LogP contribution in [0.3, 0.4) is 0 Å². The van der Waals surface area contributed by atoms with Gasteiger partial charge in [0.25, 0.3) is 0 Å². The summed E-state index contributed by atoms with van der Waals surface area (Å²) in [5.41, 5.74) is 0. The first-order valence-corrected chi connectivity index (χ1v) is 8.56. The van der Waals surface area contributed by atoms with Gasteiger partial charge in [-0.05, 0) is 43.1 Å². The molecule has 3 nitrogen and oxygen atoms in total. The molecule has 1 aromatic heterocycles. The molecular formula is C14H23N3S. The molecule has 0 amide bonds. The standard InChI is InChI=1S/C14H23N3S/c1-2-4-12(5-3-1)14-15-13(16-17-14)10-11-6-8-18-9-7-11/h11-12H,1-10H2,(H,15,16,17). The molecule has 1 N–H and O–H groups in total. The second kappa shape index (κ2) is 6.09. The van der Waals surface area contributed by atoms with Crippen LogP contribution < -0.4 is 0 Å². The highest BCUT2D eigenvalue weighted by Crippen LogP contribution is 2.31. The number of nitrogens with one attached hydrogen (secondary N) is 1. The number of H-pyrrole nitrogens is 1. The zero-order chi connectivity index (χ0) is 12.2. The van der Waals surface area contributed by atoms with Gasteiger partial charge in [-0.2, -0.15) is 16.9 Å². The molecule has 0 atom stereocenters. The Morgan fingerprint density at radius 1 is 1.06 bits per heavy atom. The van der Waals surface area contributed by atoms with Crippen LogP contribution >= 0.6 is 11.8 Å².